The van der Waals surface area contributed by atoms with Crippen molar-refractivity contribution in [1.82, 2.24) is 10.2 Å². The predicted molar refractivity (Wildman–Crippen MR) is 90.8 cm³/mol. The van der Waals surface area contributed by atoms with Crippen LogP contribution in [0.25, 0.3) is 0 Å². The molecular weight excluding hydrogens is 295 g/mol. The molecule has 2 atom stereocenters. The number of ether oxygens (including phenoxy) is 1. The van der Waals surface area contributed by atoms with Gasteiger partial charge in [0.15, 0.2) is 0 Å². The van der Waals surface area contributed by atoms with E-state index < -0.39 is 5.60 Å². The van der Waals surface area contributed by atoms with Crippen LogP contribution in [0.5, 0.6) is 0 Å². The van der Waals surface area contributed by atoms with E-state index >= 15 is 0 Å². The maximum absolute atomic E-state index is 13.2. The third kappa shape index (κ3) is 7.46. The molecule has 0 saturated carbocycles. The van der Waals surface area contributed by atoms with Gasteiger partial charge in [0.25, 0.3) is 0 Å². The van der Waals surface area contributed by atoms with Crippen molar-refractivity contribution < 1.29 is 13.9 Å². The van der Waals surface area contributed by atoms with Gasteiger partial charge in [-0.1, -0.05) is 19.1 Å². The Balaban J connectivity index is 2.41. The van der Waals surface area contributed by atoms with Gasteiger partial charge in [-0.2, -0.15) is 0 Å². The van der Waals surface area contributed by atoms with E-state index in [-0.39, 0.29) is 23.9 Å². The third-order valence-corrected chi connectivity index (χ3v) is 3.41. The molecule has 1 aromatic rings. The van der Waals surface area contributed by atoms with E-state index in [1.807, 2.05) is 33.8 Å². The van der Waals surface area contributed by atoms with Crippen LogP contribution in [-0.2, 0) is 4.74 Å². The van der Waals surface area contributed by atoms with Crippen molar-refractivity contribution in [2.45, 2.75) is 46.3 Å². The fourth-order valence-corrected chi connectivity index (χ4v) is 2.22. The Morgan fingerprint density at radius 2 is 2.00 bits per heavy atom. The molecule has 0 aliphatic heterocycles. The fourth-order valence-electron chi connectivity index (χ4n) is 2.22. The Labute approximate surface area is 139 Å². The molecule has 0 aliphatic carbocycles. The average Bonchev–Trinajstić information content (AvgIpc) is 2.42. The van der Waals surface area contributed by atoms with Gasteiger partial charge in [-0.25, -0.2) is 9.18 Å². The summed E-state index contributed by atoms with van der Waals surface area (Å²) in [4.78, 5) is 13.5. The molecule has 130 valence electrons. The first kappa shape index (κ1) is 19.4. The monoisotopic (exact) mass is 324 g/mol. The van der Waals surface area contributed by atoms with Crippen LogP contribution in [0.1, 0.15) is 46.2 Å². The molecule has 0 aliphatic rings. The third-order valence-electron chi connectivity index (χ3n) is 3.41. The highest BCUT2D eigenvalue weighted by molar-refractivity contribution is 5.67. The van der Waals surface area contributed by atoms with Gasteiger partial charge >= 0.3 is 6.09 Å². The Kier molecular flexibility index (Phi) is 7.01. The number of benzene rings is 1. The van der Waals surface area contributed by atoms with Gasteiger partial charge in [-0.15, -0.1) is 0 Å². The summed E-state index contributed by atoms with van der Waals surface area (Å²) in [6, 6.07) is 6.64. The maximum atomic E-state index is 13.2. The second-order valence-corrected chi connectivity index (χ2v) is 7.15. The molecule has 1 rings (SSSR count). The lowest BCUT2D eigenvalue weighted by Gasteiger charge is -2.27. The van der Waals surface area contributed by atoms with Gasteiger partial charge in [0.2, 0.25) is 0 Å². The van der Waals surface area contributed by atoms with Crippen LogP contribution in [0.3, 0.4) is 0 Å². The van der Waals surface area contributed by atoms with Crippen LogP contribution in [0.15, 0.2) is 24.3 Å². The highest BCUT2D eigenvalue weighted by Gasteiger charge is 2.20. The minimum Gasteiger partial charge on any atom is -0.444 e. The van der Waals surface area contributed by atoms with Gasteiger partial charge in [0.1, 0.15) is 11.4 Å². The maximum Gasteiger partial charge on any atom is 0.410 e. The Bertz CT molecular complexity index is 514. The number of hydrogen-bond donors (Lipinski definition) is 1. The van der Waals surface area contributed by atoms with Gasteiger partial charge in [0.05, 0.1) is 0 Å². The van der Waals surface area contributed by atoms with Crippen molar-refractivity contribution in [3.8, 4) is 0 Å². The predicted octanol–water partition coefficient (Wildman–Crippen LogP) is 3.98. The molecule has 0 fully saturated rings. The van der Waals surface area contributed by atoms with E-state index in [0.717, 1.165) is 12.1 Å². The van der Waals surface area contributed by atoms with E-state index in [1.54, 1.807) is 18.0 Å². The normalized spacial score (nSPS) is 14.2. The van der Waals surface area contributed by atoms with E-state index in [0.29, 0.717) is 6.54 Å². The number of amides is 1. The van der Waals surface area contributed by atoms with Crippen LogP contribution < -0.4 is 5.32 Å². The van der Waals surface area contributed by atoms with Crippen LogP contribution in [0.4, 0.5) is 9.18 Å². The van der Waals surface area contributed by atoms with E-state index in [9.17, 15) is 9.18 Å². The average molecular weight is 324 g/mol. The van der Waals surface area contributed by atoms with Crippen LogP contribution in [0.2, 0.25) is 0 Å². The quantitative estimate of drug-likeness (QED) is 0.860. The molecule has 0 spiro atoms. The van der Waals surface area contributed by atoms with Crippen LogP contribution in [-0.4, -0.2) is 36.7 Å². The van der Waals surface area contributed by atoms with Gasteiger partial charge < -0.3 is 15.0 Å². The zero-order chi connectivity index (χ0) is 17.6. The fraction of sp³-hybridized carbons (Fsp3) is 0.611. The molecule has 1 N–H and O–H groups in total. The molecule has 4 nitrogen and oxygen atoms in total. The minimum atomic E-state index is -0.487. The number of hydrogen-bond acceptors (Lipinski definition) is 3. The van der Waals surface area contributed by atoms with Crippen molar-refractivity contribution in [3.05, 3.63) is 35.6 Å². The standard InChI is InChI=1S/C18H29FN2O2/c1-13(12-21(6)17(22)23-18(3,4)5)11-20-14(2)15-8-7-9-16(19)10-15/h7-10,13-14,20H,11-12H2,1-6H3. The van der Waals surface area contributed by atoms with Crippen molar-refractivity contribution in [1.29, 1.82) is 0 Å². The molecule has 23 heavy (non-hydrogen) atoms. The first-order chi connectivity index (χ1) is 10.6. The number of halogens is 1. The number of carbonyl (C=O) groups is 1. The first-order valence-corrected chi connectivity index (χ1v) is 8.01. The summed E-state index contributed by atoms with van der Waals surface area (Å²) in [5.74, 6) is 0.0254. The SMILES string of the molecule is CC(CNC(C)c1cccc(F)c1)CN(C)C(=O)OC(C)(C)C. The van der Waals surface area contributed by atoms with Crippen molar-refractivity contribution in [3.63, 3.8) is 0 Å². The minimum absolute atomic E-state index is 0.0555. The van der Waals surface area contributed by atoms with Crippen LogP contribution in [0, 0.1) is 11.7 Å². The van der Waals surface area contributed by atoms with Crippen molar-refractivity contribution >= 4 is 6.09 Å². The largest absolute Gasteiger partial charge is 0.444 e. The molecule has 0 bridgehead atoms. The number of nitrogens with zero attached hydrogens (tertiary/aromatic N) is 1. The van der Waals surface area contributed by atoms with Gasteiger partial charge in [0, 0.05) is 19.6 Å². The number of rotatable bonds is 6. The lowest BCUT2D eigenvalue weighted by atomic mass is 10.1. The Morgan fingerprint density at radius 3 is 2.57 bits per heavy atom. The second-order valence-electron chi connectivity index (χ2n) is 7.15. The summed E-state index contributed by atoms with van der Waals surface area (Å²) in [5, 5.41) is 3.37. The Morgan fingerprint density at radius 1 is 1.35 bits per heavy atom. The highest BCUT2D eigenvalue weighted by Crippen LogP contribution is 2.14. The van der Waals surface area contributed by atoms with E-state index in [4.69, 9.17) is 4.74 Å². The van der Waals surface area contributed by atoms with Crippen molar-refractivity contribution in [2.24, 2.45) is 5.92 Å². The lowest BCUT2D eigenvalue weighted by molar-refractivity contribution is 0.0276. The molecule has 0 heterocycles. The summed E-state index contributed by atoms with van der Waals surface area (Å²) in [6.07, 6.45) is -0.317. The molecular formula is C18H29FN2O2. The van der Waals surface area contributed by atoms with Gasteiger partial charge in [-0.3, -0.25) is 0 Å². The topological polar surface area (TPSA) is 41.6 Å². The van der Waals surface area contributed by atoms with E-state index in [1.165, 1.54) is 12.1 Å². The number of carbonyl (C=O) groups excluding carboxylic acids is 1. The molecule has 0 saturated heterocycles. The van der Waals surface area contributed by atoms with Gasteiger partial charge in [-0.05, 0) is 57.9 Å². The molecule has 0 aromatic heterocycles. The van der Waals surface area contributed by atoms with Crippen LogP contribution >= 0.6 is 0 Å². The highest BCUT2D eigenvalue weighted by atomic mass is 19.1. The molecule has 5 heteroatoms. The molecule has 2 unspecified atom stereocenters. The van der Waals surface area contributed by atoms with E-state index in [2.05, 4.69) is 12.2 Å². The summed E-state index contributed by atoms with van der Waals surface area (Å²) in [6.45, 7) is 10.9. The lowest BCUT2D eigenvalue weighted by Crippen LogP contribution is -2.38. The summed E-state index contributed by atoms with van der Waals surface area (Å²) in [5.41, 5.74) is 0.427. The molecule has 1 aromatic carbocycles. The molecule has 1 amide bonds. The second kappa shape index (κ2) is 8.29. The summed E-state index contributed by atoms with van der Waals surface area (Å²) in [7, 11) is 1.74. The molecule has 0 radical (unpaired) electrons. The Hall–Kier alpha value is -1.62. The zero-order valence-corrected chi connectivity index (χ0v) is 15.0. The zero-order valence-electron chi connectivity index (χ0n) is 15.0. The smallest absolute Gasteiger partial charge is 0.410 e. The van der Waals surface area contributed by atoms with Crippen molar-refractivity contribution in [2.75, 3.05) is 20.1 Å². The number of nitrogens with one attached hydrogen (secondary N) is 1. The summed E-state index contributed by atoms with van der Waals surface area (Å²) < 4.78 is 18.6. The summed E-state index contributed by atoms with van der Waals surface area (Å²) >= 11 is 0. The first-order valence-electron chi connectivity index (χ1n) is 8.01.